The van der Waals surface area contributed by atoms with Crippen LogP contribution in [0.2, 0.25) is 16.6 Å². The Hall–Kier alpha value is -1.35. The van der Waals surface area contributed by atoms with Gasteiger partial charge in [-0.05, 0) is 46.0 Å². The third-order valence-corrected chi connectivity index (χ3v) is 10.8. The molecular formula is C18H26O2Si. The molecule has 0 heterocycles. The van der Waals surface area contributed by atoms with Gasteiger partial charge in [0, 0.05) is 5.57 Å². The lowest BCUT2D eigenvalue weighted by Gasteiger charge is -2.42. The molecule has 21 heavy (non-hydrogen) atoms. The maximum absolute atomic E-state index is 10.8. The molecule has 114 valence electrons. The fraction of sp³-hybridized carbons (Fsp3) is 0.500. The minimum Gasteiger partial charge on any atom is -0.543 e. The Kier molecular flexibility index (Phi) is 4.42. The topological polar surface area (TPSA) is 26.3 Å². The van der Waals surface area contributed by atoms with Gasteiger partial charge in [-0.2, -0.15) is 0 Å². The summed E-state index contributed by atoms with van der Waals surface area (Å²) < 4.78 is 6.65. The molecule has 2 rings (SSSR count). The van der Waals surface area contributed by atoms with Gasteiger partial charge in [0.1, 0.15) is 5.75 Å². The van der Waals surface area contributed by atoms with Crippen molar-refractivity contribution < 1.29 is 9.22 Å². The fourth-order valence-electron chi connectivity index (χ4n) is 3.81. The Labute approximate surface area is 129 Å². The van der Waals surface area contributed by atoms with Crippen LogP contribution in [0.25, 0.3) is 11.6 Å². The molecule has 1 aromatic carbocycles. The highest BCUT2D eigenvalue weighted by atomic mass is 28.4. The number of carbonyl (C=O) groups excluding carboxylic acids is 1. The zero-order valence-electron chi connectivity index (χ0n) is 13.9. The molecule has 1 aliphatic carbocycles. The Bertz CT molecular complexity index is 549. The van der Waals surface area contributed by atoms with Crippen LogP contribution >= 0.6 is 0 Å². The molecule has 3 heteroatoms. The van der Waals surface area contributed by atoms with Crippen molar-refractivity contribution in [3.63, 3.8) is 0 Å². The van der Waals surface area contributed by atoms with Gasteiger partial charge in [-0.15, -0.1) is 0 Å². The molecule has 1 aromatic rings. The zero-order chi connectivity index (χ0) is 15.8. The summed E-state index contributed by atoms with van der Waals surface area (Å²) in [4.78, 5) is 10.8. The molecule has 0 saturated carbocycles. The summed E-state index contributed by atoms with van der Waals surface area (Å²) in [5, 5.41) is 0. The molecule has 0 radical (unpaired) electrons. The van der Waals surface area contributed by atoms with Crippen molar-refractivity contribution in [2.75, 3.05) is 0 Å². The Balaban J connectivity index is 2.32. The van der Waals surface area contributed by atoms with Crippen molar-refractivity contribution in [1.29, 1.82) is 0 Å². The molecule has 0 spiro atoms. The highest BCUT2D eigenvalue weighted by molar-refractivity contribution is 6.78. The number of aldehydes is 1. The van der Waals surface area contributed by atoms with Gasteiger partial charge >= 0.3 is 0 Å². The summed E-state index contributed by atoms with van der Waals surface area (Å²) in [5.41, 5.74) is 4.63. The van der Waals surface area contributed by atoms with Gasteiger partial charge in [-0.3, -0.25) is 4.79 Å². The first-order valence-electron chi connectivity index (χ1n) is 7.83. The minimum atomic E-state index is -1.90. The summed E-state index contributed by atoms with van der Waals surface area (Å²) in [6, 6.07) is 6.11. The standard InChI is InChI=1S/C18H26O2Si/c1-12(2)21(13(3)4,14(5)6)20-17-7-8-18-15(10-17)9-16(18)11-19/h7-14H,1-6H3. The lowest BCUT2D eigenvalue weighted by molar-refractivity contribution is -0.103. The van der Waals surface area contributed by atoms with Gasteiger partial charge in [0.2, 0.25) is 0 Å². The van der Waals surface area contributed by atoms with E-state index >= 15 is 0 Å². The second-order valence-corrected chi connectivity index (χ2v) is 12.3. The van der Waals surface area contributed by atoms with Crippen molar-refractivity contribution in [2.24, 2.45) is 0 Å². The fourth-order valence-corrected chi connectivity index (χ4v) is 9.05. The molecule has 2 nitrogen and oxygen atoms in total. The molecule has 0 aromatic heterocycles. The van der Waals surface area contributed by atoms with Crippen LogP contribution in [0, 0.1) is 0 Å². The van der Waals surface area contributed by atoms with E-state index in [1.807, 2.05) is 18.2 Å². The van der Waals surface area contributed by atoms with Gasteiger partial charge in [-0.25, -0.2) is 0 Å². The Morgan fingerprint density at radius 1 is 1.00 bits per heavy atom. The highest BCUT2D eigenvalue weighted by Gasteiger charge is 2.47. The number of benzene rings is 1. The van der Waals surface area contributed by atoms with Gasteiger partial charge in [0.25, 0.3) is 8.32 Å². The van der Waals surface area contributed by atoms with E-state index in [0.29, 0.717) is 16.6 Å². The van der Waals surface area contributed by atoms with E-state index in [9.17, 15) is 4.79 Å². The average Bonchev–Trinajstić information content (AvgIpc) is 2.37. The van der Waals surface area contributed by atoms with E-state index in [2.05, 4.69) is 47.6 Å². The lowest BCUT2D eigenvalue weighted by atomic mass is 9.89. The summed E-state index contributed by atoms with van der Waals surface area (Å²) in [6.07, 6.45) is 2.84. The van der Waals surface area contributed by atoms with E-state index < -0.39 is 8.32 Å². The van der Waals surface area contributed by atoms with Gasteiger partial charge < -0.3 is 4.43 Å². The second kappa shape index (κ2) is 5.80. The summed E-state index contributed by atoms with van der Waals surface area (Å²) >= 11 is 0. The van der Waals surface area contributed by atoms with Crippen molar-refractivity contribution in [1.82, 2.24) is 0 Å². The van der Waals surface area contributed by atoms with Crippen LogP contribution in [0.5, 0.6) is 5.75 Å². The van der Waals surface area contributed by atoms with Crippen LogP contribution in [-0.2, 0) is 4.79 Å². The Morgan fingerprint density at radius 3 is 2.00 bits per heavy atom. The molecule has 0 unspecified atom stereocenters. The van der Waals surface area contributed by atoms with Crippen LogP contribution in [0.15, 0.2) is 18.2 Å². The molecule has 0 atom stereocenters. The maximum Gasteiger partial charge on any atom is 0.258 e. The number of hydrogen-bond donors (Lipinski definition) is 0. The molecule has 0 amide bonds. The normalized spacial score (nSPS) is 14.0. The van der Waals surface area contributed by atoms with Crippen molar-refractivity contribution in [2.45, 2.75) is 58.2 Å². The van der Waals surface area contributed by atoms with Gasteiger partial charge in [0.15, 0.2) is 6.29 Å². The van der Waals surface area contributed by atoms with Crippen molar-refractivity contribution in [3.8, 4) is 5.75 Å². The first kappa shape index (κ1) is 16.0. The predicted molar refractivity (Wildman–Crippen MR) is 92.1 cm³/mol. The zero-order valence-corrected chi connectivity index (χ0v) is 14.9. The van der Waals surface area contributed by atoms with Crippen molar-refractivity contribution >= 4 is 26.3 Å². The third kappa shape index (κ3) is 2.59. The summed E-state index contributed by atoms with van der Waals surface area (Å²) in [7, 11) is -1.90. The summed E-state index contributed by atoms with van der Waals surface area (Å²) in [6.45, 7) is 13.7. The average molecular weight is 302 g/mol. The minimum absolute atomic E-state index is 0.560. The van der Waals surface area contributed by atoms with Gasteiger partial charge in [-0.1, -0.05) is 47.6 Å². The van der Waals surface area contributed by atoms with Gasteiger partial charge in [0.05, 0.1) is 0 Å². The van der Waals surface area contributed by atoms with Crippen LogP contribution in [-0.4, -0.2) is 14.6 Å². The number of hydrogen-bond acceptors (Lipinski definition) is 2. The maximum atomic E-state index is 10.8. The first-order valence-corrected chi connectivity index (χ1v) is 9.97. The number of carbonyl (C=O) groups is 1. The molecular weight excluding hydrogens is 276 g/mol. The van der Waals surface area contributed by atoms with Crippen LogP contribution in [0.3, 0.4) is 0 Å². The number of rotatable bonds is 6. The van der Waals surface area contributed by atoms with E-state index in [-0.39, 0.29) is 0 Å². The third-order valence-electron chi connectivity index (χ3n) is 4.77. The highest BCUT2D eigenvalue weighted by Crippen LogP contribution is 2.43. The predicted octanol–water partition coefficient (Wildman–Crippen LogP) is 5.29. The monoisotopic (exact) mass is 302 g/mol. The second-order valence-electron chi connectivity index (χ2n) is 6.89. The first-order chi connectivity index (χ1) is 9.82. The van der Waals surface area contributed by atoms with E-state index in [0.717, 1.165) is 28.7 Å². The molecule has 0 fully saturated rings. The molecule has 0 N–H and O–H groups in total. The number of fused-ring (bicyclic) bond motifs is 1. The molecule has 0 bridgehead atoms. The van der Waals surface area contributed by atoms with Crippen LogP contribution < -0.4 is 4.43 Å². The Morgan fingerprint density at radius 2 is 1.57 bits per heavy atom. The van der Waals surface area contributed by atoms with Crippen LogP contribution in [0.1, 0.15) is 52.7 Å². The molecule has 1 aliphatic rings. The smallest absolute Gasteiger partial charge is 0.258 e. The quantitative estimate of drug-likeness (QED) is 0.527. The lowest BCUT2D eigenvalue weighted by Crippen LogP contribution is -2.50. The number of allylic oxidation sites excluding steroid dienone is 1. The van der Waals surface area contributed by atoms with Crippen molar-refractivity contribution in [3.05, 3.63) is 29.3 Å². The summed E-state index contributed by atoms with van der Waals surface area (Å²) in [5.74, 6) is 0.956. The van der Waals surface area contributed by atoms with Crippen LogP contribution in [0.4, 0.5) is 0 Å². The largest absolute Gasteiger partial charge is 0.543 e. The van der Waals surface area contributed by atoms with E-state index in [1.54, 1.807) is 0 Å². The molecule has 0 saturated heterocycles. The van der Waals surface area contributed by atoms with E-state index in [1.165, 1.54) is 0 Å². The SMILES string of the molecule is CC(C)[Si](Oc1ccc2c(c1)C=C2C=O)(C(C)C)C(C)C. The van der Waals surface area contributed by atoms with E-state index in [4.69, 9.17) is 4.43 Å². The molecule has 0 aliphatic heterocycles.